The zero-order valence-corrected chi connectivity index (χ0v) is 7.76. The number of halogens is 1. The monoisotopic (exact) mass is 180 g/mol. The molecule has 1 unspecified atom stereocenters. The third kappa shape index (κ3) is 1.75. The van der Waals surface area contributed by atoms with E-state index in [1.807, 2.05) is 13.0 Å². The summed E-state index contributed by atoms with van der Waals surface area (Å²) in [6.45, 7) is 3.70. The normalized spacial score (nSPS) is 12.2. The molecule has 0 fully saturated rings. The molecule has 2 nitrogen and oxygen atoms in total. The molecule has 0 aliphatic rings. The fraction of sp³-hybridized carbons (Fsp3) is 0.333. The van der Waals surface area contributed by atoms with Crippen molar-refractivity contribution in [2.24, 2.45) is 0 Å². The Morgan fingerprint density at radius 1 is 1.67 bits per heavy atom. The van der Waals surface area contributed by atoms with Gasteiger partial charge >= 0.3 is 0 Å². The summed E-state index contributed by atoms with van der Waals surface area (Å²) in [5, 5.41) is 9.21. The summed E-state index contributed by atoms with van der Waals surface area (Å²) in [7, 11) is 0. The van der Waals surface area contributed by atoms with E-state index in [9.17, 15) is 0 Å². The van der Waals surface area contributed by atoms with E-state index in [1.165, 1.54) is 0 Å². The van der Waals surface area contributed by atoms with E-state index in [4.69, 9.17) is 16.9 Å². The number of rotatable bonds is 1. The van der Waals surface area contributed by atoms with Gasteiger partial charge in [0.05, 0.1) is 22.7 Å². The van der Waals surface area contributed by atoms with Gasteiger partial charge in [-0.15, -0.1) is 0 Å². The zero-order valence-electron chi connectivity index (χ0n) is 7.00. The number of nitriles is 1. The van der Waals surface area contributed by atoms with Gasteiger partial charge in [0.1, 0.15) is 0 Å². The Morgan fingerprint density at radius 3 is 2.83 bits per heavy atom. The first kappa shape index (κ1) is 9.02. The average Bonchev–Trinajstić information content (AvgIpc) is 2.03. The maximum absolute atomic E-state index is 8.63. The van der Waals surface area contributed by atoms with Crippen molar-refractivity contribution in [2.75, 3.05) is 0 Å². The predicted molar refractivity (Wildman–Crippen MR) is 48.0 cm³/mol. The lowest BCUT2D eigenvalue weighted by atomic mass is 10.1. The second kappa shape index (κ2) is 3.55. The minimum atomic E-state index is -0.238. The highest BCUT2D eigenvalue weighted by molar-refractivity contribution is 6.31. The van der Waals surface area contributed by atoms with Crippen LogP contribution in [0.3, 0.4) is 0 Å². The van der Waals surface area contributed by atoms with Crippen molar-refractivity contribution in [1.29, 1.82) is 5.26 Å². The van der Waals surface area contributed by atoms with Crippen LogP contribution in [0.2, 0.25) is 5.02 Å². The molecule has 0 bridgehead atoms. The van der Waals surface area contributed by atoms with Crippen LogP contribution in [0.25, 0.3) is 0 Å². The van der Waals surface area contributed by atoms with Crippen LogP contribution in [0.5, 0.6) is 0 Å². The molecule has 12 heavy (non-hydrogen) atoms. The quantitative estimate of drug-likeness (QED) is 0.666. The third-order valence-corrected chi connectivity index (χ3v) is 1.91. The lowest BCUT2D eigenvalue weighted by Crippen LogP contribution is -1.95. The second-order valence-electron chi connectivity index (χ2n) is 2.73. The van der Waals surface area contributed by atoms with Crippen molar-refractivity contribution in [2.45, 2.75) is 19.8 Å². The topological polar surface area (TPSA) is 36.7 Å². The highest BCUT2D eigenvalue weighted by Gasteiger charge is 2.09. The van der Waals surface area contributed by atoms with Crippen LogP contribution in [0.15, 0.2) is 12.3 Å². The van der Waals surface area contributed by atoms with Crippen molar-refractivity contribution in [3.8, 4) is 6.07 Å². The van der Waals surface area contributed by atoms with Gasteiger partial charge in [-0.1, -0.05) is 11.6 Å². The van der Waals surface area contributed by atoms with Crippen LogP contribution in [-0.4, -0.2) is 4.98 Å². The van der Waals surface area contributed by atoms with Crippen molar-refractivity contribution in [3.05, 3.63) is 28.5 Å². The molecule has 0 N–H and O–H groups in total. The van der Waals surface area contributed by atoms with Crippen molar-refractivity contribution in [3.63, 3.8) is 0 Å². The fourth-order valence-corrected chi connectivity index (χ4v) is 1.31. The molecule has 1 atom stereocenters. The molecule has 1 heterocycles. The Morgan fingerprint density at radius 2 is 2.33 bits per heavy atom. The van der Waals surface area contributed by atoms with Gasteiger partial charge in [-0.3, -0.25) is 4.98 Å². The van der Waals surface area contributed by atoms with Crippen molar-refractivity contribution >= 4 is 11.6 Å². The van der Waals surface area contributed by atoms with Crippen LogP contribution in [0, 0.1) is 18.3 Å². The highest BCUT2D eigenvalue weighted by atomic mass is 35.5. The Labute approximate surface area is 76.8 Å². The SMILES string of the molecule is Cc1cnc(C(C)C#N)c(Cl)c1. The summed E-state index contributed by atoms with van der Waals surface area (Å²) in [4.78, 5) is 4.09. The van der Waals surface area contributed by atoms with Gasteiger partial charge in [0.2, 0.25) is 0 Å². The van der Waals surface area contributed by atoms with Gasteiger partial charge in [-0.2, -0.15) is 5.26 Å². The number of nitrogens with zero attached hydrogens (tertiary/aromatic N) is 2. The molecule has 0 radical (unpaired) electrons. The second-order valence-corrected chi connectivity index (χ2v) is 3.14. The van der Waals surface area contributed by atoms with Crippen LogP contribution in [-0.2, 0) is 0 Å². The Bertz CT molecular complexity index is 328. The molecule has 0 saturated carbocycles. The van der Waals surface area contributed by atoms with E-state index in [1.54, 1.807) is 13.1 Å². The number of pyridine rings is 1. The summed E-state index contributed by atoms with van der Waals surface area (Å²) in [5.41, 5.74) is 1.67. The molecule has 1 rings (SSSR count). The Kier molecular flexibility index (Phi) is 2.67. The lowest BCUT2D eigenvalue weighted by molar-refractivity contribution is 0.916. The molecule has 0 aromatic carbocycles. The van der Waals surface area contributed by atoms with Crippen molar-refractivity contribution in [1.82, 2.24) is 4.98 Å². The molecule has 0 aliphatic heterocycles. The third-order valence-electron chi connectivity index (χ3n) is 1.61. The smallest absolute Gasteiger partial charge is 0.0871 e. The van der Waals surface area contributed by atoms with Gasteiger partial charge < -0.3 is 0 Å². The largest absolute Gasteiger partial charge is 0.258 e. The van der Waals surface area contributed by atoms with Gasteiger partial charge in [-0.25, -0.2) is 0 Å². The number of hydrogen-bond donors (Lipinski definition) is 0. The number of hydrogen-bond acceptors (Lipinski definition) is 2. The van der Waals surface area contributed by atoms with Gasteiger partial charge in [0.25, 0.3) is 0 Å². The summed E-state index contributed by atoms with van der Waals surface area (Å²) < 4.78 is 0. The number of aromatic nitrogens is 1. The molecule has 0 saturated heterocycles. The molecular weight excluding hydrogens is 172 g/mol. The number of aryl methyl sites for hydroxylation is 1. The minimum Gasteiger partial charge on any atom is -0.258 e. The fourth-order valence-electron chi connectivity index (χ4n) is 0.924. The van der Waals surface area contributed by atoms with E-state index in [0.29, 0.717) is 10.7 Å². The first-order valence-corrected chi connectivity index (χ1v) is 4.04. The Balaban J connectivity index is 3.11. The van der Waals surface area contributed by atoms with E-state index in [2.05, 4.69) is 11.1 Å². The molecule has 3 heteroatoms. The van der Waals surface area contributed by atoms with Crippen LogP contribution in [0.4, 0.5) is 0 Å². The molecule has 1 aromatic heterocycles. The molecule has 62 valence electrons. The van der Waals surface area contributed by atoms with E-state index in [0.717, 1.165) is 5.56 Å². The standard InChI is InChI=1S/C9H9ClN2/c1-6-3-8(10)9(12-5-6)7(2)4-11/h3,5,7H,1-2H3. The Hall–Kier alpha value is -1.07. The maximum Gasteiger partial charge on any atom is 0.0871 e. The predicted octanol–water partition coefficient (Wildman–Crippen LogP) is 2.67. The van der Waals surface area contributed by atoms with Gasteiger partial charge in [0.15, 0.2) is 0 Å². The van der Waals surface area contributed by atoms with Crippen LogP contribution in [0.1, 0.15) is 24.1 Å². The summed E-state index contributed by atoms with van der Waals surface area (Å²) in [6.07, 6.45) is 1.72. The molecule has 0 amide bonds. The van der Waals surface area contributed by atoms with Gasteiger partial charge in [0, 0.05) is 6.20 Å². The lowest BCUT2D eigenvalue weighted by Gasteiger charge is -2.04. The van der Waals surface area contributed by atoms with Gasteiger partial charge in [-0.05, 0) is 25.5 Å². The maximum atomic E-state index is 8.63. The summed E-state index contributed by atoms with van der Waals surface area (Å²) in [5.74, 6) is -0.238. The zero-order chi connectivity index (χ0) is 9.14. The average molecular weight is 181 g/mol. The molecular formula is C9H9ClN2. The van der Waals surface area contributed by atoms with E-state index >= 15 is 0 Å². The van der Waals surface area contributed by atoms with Crippen LogP contribution < -0.4 is 0 Å². The van der Waals surface area contributed by atoms with Crippen molar-refractivity contribution < 1.29 is 0 Å². The molecule has 0 spiro atoms. The summed E-state index contributed by atoms with van der Waals surface area (Å²) in [6, 6.07) is 3.91. The first-order chi connectivity index (χ1) is 5.65. The van der Waals surface area contributed by atoms with Crippen LogP contribution >= 0.6 is 11.6 Å². The first-order valence-electron chi connectivity index (χ1n) is 3.67. The van der Waals surface area contributed by atoms with E-state index in [-0.39, 0.29) is 5.92 Å². The molecule has 0 aliphatic carbocycles. The minimum absolute atomic E-state index is 0.238. The molecule has 1 aromatic rings. The van der Waals surface area contributed by atoms with E-state index < -0.39 is 0 Å². The highest BCUT2D eigenvalue weighted by Crippen LogP contribution is 2.21. The summed E-state index contributed by atoms with van der Waals surface area (Å²) >= 11 is 5.89.